The summed E-state index contributed by atoms with van der Waals surface area (Å²) in [5.41, 5.74) is 0.897. The highest BCUT2D eigenvalue weighted by atomic mass is 16.4. The minimum absolute atomic E-state index is 0.140. The highest BCUT2D eigenvalue weighted by molar-refractivity contribution is 6.58. The molecule has 0 spiro atoms. The van der Waals surface area contributed by atoms with Crippen LogP contribution in [0.1, 0.15) is 23.2 Å². The van der Waals surface area contributed by atoms with E-state index in [9.17, 15) is 4.79 Å². The van der Waals surface area contributed by atoms with Crippen molar-refractivity contribution in [2.75, 3.05) is 20.1 Å². The second kappa shape index (κ2) is 7.86. The van der Waals surface area contributed by atoms with Crippen LogP contribution in [0, 0.1) is 0 Å². The van der Waals surface area contributed by atoms with Crippen molar-refractivity contribution in [1.29, 1.82) is 0 Å². The van der Waals surface area contributed by atoms with E-state index in [0.717, 1.165) is 19.4 Å². The Morgan fingerprint density at radius 1 is 1.17 bits per heavy atom. The van der Waals surface area contributed by atoms with Crippen molar-refractivity contribution < 1.29 is 14.8 Å². The van der Waals surface area contributed by atoms with Crippen LogP contribution in [0.15, 0.2) is 24.3 Å². The van der Waals surface area contributed by atoms with Gasteiger partial charge in [-0.2, -0.15) is 0 Å². The Kier molecular flexibility index (Phi) is 6.42. The fourth-order valence-electron chi connectivity index (χ4n) is 1.54. The van der Waals surface area contributed by atoms with Crippen LogP contribution in [0.25, 0.3) is 0 Å². The van der Waals surface area contributed by atoms with Crippen LogP contribution in [0.5, 0.6) is 0 Å². The molecule has 18 heavy (non-hydrogen) atoms. The van der Waals surface area contributed by atoms with Gasteiger partial charge in [0, 0.05) is 12.1 Å². The third-order valence-corrected chi connectivity index (χ3v) is 2.61. The SMILES string of the molecule is CNCCCCNC(=O)c1ccc(B(O)O)cc1. The summed E-state index contributed by atoms with van der Waals surface area (Å²) < 4.78 is 0. The van der Waals surface area contributed by atoms with E-state index in [1.54, 1.807) is 12.1 Å². The van der Waals surface area contributed by atoms with Crippen molar-refractivity contribution in [3.63, 3.8) is 0 Å². The number of amides is 1. The molecule has 98 valence electrons. The molecule has 1 aromatic carbocycles. The van der Waals surface area contributed by atoms with Crippen molar-refractivity contribution in [1.82, 2.24) is 10.6 Å². The summed E-state index contributed by atoms with van der Waals surface area (Å²) in [6, 6.07) is 6.22. The molecular weight excluding hydrogens is 231 g/mol. The molecule has 1 aromatic rings. The van der Waals surface area contributed by atoms with E-state index in [-0.39, 0.29) is 5.91 Å². The largest absolute Gasteiger partial charge is 0.488 e. The van der Waals surface area contributed by atoms with Gasteiger partial charge in [0.05, 0.1) is 0 Å². The van der Waals surface area contributed by atoms with Gasteiger partial charge in [-0.25, -0.2) is 0 Å². The summed E-state index contributed by atoms with van der Waals surface area (Å²) in [4.78, 5) is 11.7. The predicted molar refractivity (Wildman–Crippen MR) is 71.8 cm³/mol. The Bertz CT molecular complexity index is 368. The van der Waals surface area contributed by atoms with E-state index in [1.165, 1.54) is 12.1 Å². The van der Waals surface area contributed by atoms with Gasteiger partial charge >= 0.3 is 7.12 Å². The lowest BCUT2D eigenvalue weighted by Gasteiger charge is -2.06. The minimum atomic E-state index is -1.50. The van der Waals surface area contributed by atoms with E-state index < -0.39 is 7.12 Å². The fraction of sp³-hybridized carbons (Fsp3) is 0.417. The van der Waals surface area contributed by atoms with Gasteiger partial charge in [0.2, 0.25) is 0 Å². The highest BCUT2D eigenvalue weighted by Crippen LogP contribution is 1.97. The zero-order valence-corrected chi connectivity index (χ0v) is 10.5. The first-order valence-electron chi connectivity index (χ1n) is 6.04. The Hall–Kier alpha value is -1.37. The van der Waals surface area contributed by atoms with Crippen molar-refractivity contribution >= 4 is 18.5 Å². The number of unbranched alkanes of at least 4 members (excludes halogenated alkanes) is 1. The maximum atomic E-state index is 11.7. The Labute approximate surface area is 107 Å². The molecule has 0 saturated carbocycles. The molecule has 0 aliphatic carbocycles. The quantitative estimate of drug-likeness (QED) is 0.373. The number of nitrogens with one attached hydrogen (secondary N) is 2. The van der Waals surface area contributed by atoms with Crippen LogP contribution >= 0.6 is 0 Å². The van der Waals surface area contributed by atoms with Crippen LogP contribution in [-0.2, 0) is 0 Å². The van der Waals surface area contributed by atoms with Crippen molar-refractivity contribution in [2.24, 2.45) is 0 Å². The Balaban J connectivity index is 2.37. The van der Waals surface area contributed by atoms with Crippen molar-refractivity contribution in [2.45, 2.75) is 12.8 Å². The average molecular weight is 250 g/mol. The average Bonchev–Trinajstić information content (AvgIpc) is 2.38. The lowest BCUT2D eigenvalue weighted by atomic mass is 9.80. The molecule has 0 radical (unpaired) electrons. The molecule has 0 saturated heterocycles. The number of rotatable bonds is 7. The van der Waals surface area contributed by atoms with Gasteiger partial charge in [-0.05, 0) is 44.0 Å². The summed E-state index contributed by atoms with van der Waals surface area (Å²) in [6.07, 6.45) is 1.95. The summed E-state index contributed by atoms with van der Waals surface area (Å²) in [6.45, 7) is 1.59. The normalized spacial score (nSPS) is 10.2. The number of benzene rings is 1. The highest BCUT2D eigenvalue weighted by Gasteiger charge is 2.11. The number of carbonyl (C=O) groups is 1. The maximum absolute atomic E-state index is 11.7. The summed E-state index contributed by atoms with van der Waals surface area (Å²) in [7, 11) is 0.402. The Morgan fingerprint density at radius 3 is 2.33 bits per heavy atom. The number of hydrogen-bond donors (Lipinski definition) is 4. The molecule has 0 unspecified atom stereocenters. The molecule has 0 atom stereocenters. The van der Waals surface area contributed by atoms with E-state index in [2.05, 4.69) is 10.6 Å². The van der Waals surface area contributed by atoms with Gasteiger partial charge in [0.1, 0.15) is 0 Å². The molecule has 5 nitrogen and oxygen atoms in total. The summed E-state index contributed by atoms with van der Waals surface area (Å²) >= 11 is 0. The second-order valence-electron chi connectivity index (χ2n) is 4.06. The first kappa shape index (κ1) is 14.7. The lowest BCUT2D eigenvalue weighted by molar-refractivity contribution is 0.0953. The predicted octanol–water partition coefficient (Wildman–Crippen LogP) is -0.904. The third-order valence-electron chi connectivity index (χ3n) is 2.61. The van der Waals surface area contributed by atoms with E-state index in [1.807, 2.05) is 7.05 Å². The molecule has 0 fully saturated rings. The molecule has 0 aliphatic heterocycles. The van der Waals surface area contributed by atoms with Gasteiger partial charge in [-0.3, -0.25) is 4.79 Å². The molecule has 1 amide bonds. The van der Waals surface area contributed by atoms with Crippen LogP contribution in [0.3, 0.4) is 0 Å². The molecule has 6 heteroatoms. The maximum Gasteiger partial charge on any atom is 0.488 e. The zero-order valence-electron chi connectivity index (χ0n) is 10.5. The Morgan fingerprint density at radius 2 is 1.78 bits per heavy atom. The smallest absolute Gasteiger partial charge is 0.423 e. The standard InChI is InChI=1S/C12H19BN2O3/c1-14-8-2-3-9-15-12(16)10-4-6-11(7-5-10)13(17)18/h4-7,14,17-18H,2-3,8-9H2,1H3,(H,15,16). The van der Waals surface area contributed by atoms with Crippen LogP contribution in [-0.4, -0.2) is 43.2 Å². The third kappa shape index (κ3) is 4.87. The van der Waals surface area contributed by atoms with Crippen LogP contribution in [0.4, 0.5) is 0 Å². The van der Waals surface area contributed by atoms with Crippen molar-refractivity contribution in [3.8, 4) is 0 Å². The first-order valence-corrected chi connectivity index (χ1v) is 6.04. The first-order chi connectivity index (χ1) is 8.65. The zero-order chi connectivity index (χ0) is 13.4. The van der Waals surface area contributed by atoms with E-state index >= 15 is 0 Å². The van der Waals surface area contributed by atoms with Crippen LogP contribution < -0.4 is 16.1 Å². The van der Waals surface area contributed by atoms with Crippen molar-refractivity contribution in [3.05, 3.63) is 29.8 Å². The summed E-state index contributed by atoms with van der Waals surface area (Å²) in [5, 5.41) is 23.7. The van der Waals surface area contributed by atoms with Crippen LogP contribution in [0.2, 0.25) is 0 Å². The van der Waals surface area contributed by atoms with E-state index in [0.29, 0.717) is 17.6 Å². The van der Waals surface area contributed by atoms with Gasteiger partial charge in [-0.1, -0.05) is 12.1 Å². The number of hydrogen-bond acceptors (Lipinski definition) is 4. The molecule has 0 aromatic heterocycles. The van der Waals surface area contributed by atoms with E-state index in [4.69, 9.17) is 10.0 Å². The summed E-state index contributed by atoms with van der Waals surface area (Å²) in [5.74, 6) is -0.140. The minimum Gasteiger partial charge on any atom is -0.423 e. The molecule has 1 rings (SSSR count). The molecule has 4 N–H and O–H groups in total. The second-order valence-corrected chi connectivity index (χ2v) is 4.06. The molecule has 0 bridgehead atoms. The van der Waals surface area contributed by atoms with Gasteiger partial charge < -0.3 is 20.7 Å². The monoisotopic (exact) mass is 250 g/mol. The van der Waals surface area contributed by atoms with Gasteiger partial charge in [-0.15, -0.1) is 0 Å². The fourth-order valence-corrected chi connectivity index (χ4v) is 1.54. The number of carbonyl (C=O) groups excluding carboxylic acids is 1. The lowest BCUT2D eigenvalue weighted by Crippen LogP contribution is -2.30. The molecular formula is C12H19BN2O3. The van der Waals surface area contributed by atoms with Gasteiger partial charge in [0.25, 0.3) is 5.91 Å². The molecule has 0 aliphatic rings. The topological polar surface area (TPSA) is 81.6 Å². The van der Waals surface area contributed by atoms with Gasteiger partial charge in [0.15, 0.2) is 0 Å². The molecule has 0 heterocycles.